The number of oxazole rings is 1. The summed E-state index contributed by atoms with van der Waals surface area (Å²) in [4.78, 5) is 22.7. The molecule has 0 saturated carbocycles. The summed E-state index contributed by atoms with van der Waals surface area (Å²) in [5.41, 5.74) is 1.82. The summed E-state index contributed by atoms with van der Waals surface area (Å²) in [5, 5.41) is 0.619. The Morgan fingerprint density at radius 3 is 2.63 bits per heavy atom. The lowest BCUT2D eigenvalue weighted by Crippen LogP contribution is -2.54. The maximum absolute atomic E-state index is 12.3. The molecule has 148 valence electrons. The first-order chi connectivity index (χ1) is 12.5. The number of anilines is 2. The van der Waals surface area contributed by atoms with Crippen LogP contribution >= 0.6 is 11.6 Å². The second-order valence-electron chi connectivity index (χ2n) is 8.13. The van der Waals surface area contributed by atoms with Gasteiger partial charge in [-0.15, -0.1) is 0 Å². The van der Waals surface area contributed by atoms with Crippen LogP contribution < -0.4 is 9.80 Å². The molecule has 0 bridgehead atoms. The smallest absolute Gasteiger partial charge is 0.410 e. The van der Waals surface area contributed by atoms with Crippen molar-refractivity contribution < 1.29 is 13.9 Å². The molecule has 0 N–H and O–H groups in total. The molecular formula is C19H27ClN4O3. The van der Waals surface area contributed by atoms with E-state index in [1.165, 1.54) is 0 Å². The molecule has 27 heavy (non-hydrogen) atoms. The molecule has 2 aromatic rings. The van der Waals surface area contributed by atoms with Gasteiger partial charge in [-0.1, -0.05) is 11.6 Å². The van der Waals surface area contributed by atoms with Gasteiger partial charge in [-0.3, -0.25) is 0 Å². The molecule has 0 radical (unpaired) electrons. The highest BCUT2D eigenvalue weighted by Gasteiger charge is 2.32. The third-order valence-electron chi connectivity index (χ3n) is 4.43. The van der Waals surface area contributed by atoms with Crippen LogP contribution in [0.1, 0.15) is 27.7 Å². The minimum atomic E-state index is -0.500. The number of aromatic nitrogens is 1. The van der Waals surface area contributed by atoms with Gasteiger partial charge in [-0.2, -0.15) is 4.98 Å². The van der Waals surface area contributed by atoms with Crippen LogP contribution in [0.2, 0.25) is 5.02 Å². The van der Waals surface area contributed by atoms with Crippen molar-refractivity contribution in [1.82, 2.24) is 9.88 Å². The zero-order valence-electron chi connectivity index (χ0n) is 16.7. The second-order valence-corrected chi connectivity index (χ2v) is 8.57. The fourth-order valence-electron chi connectivity index (χ4n) is 3.16. The first-order valence-corrected chi connectivity index (χ1v) is 9.45. The fraction of sp³-hybridized carbons (Fsp3) is 0.579. The van der Waals surface area contributed by atoms with E-state index in [0.717, 1.165) is 11.2 Å². The lowest BCUT2D eigenvalue weighted by atomic mass is 10.2. The summed E-state index contributed by atoms with van der Waals surface area (Å²) in [6.45, 7) is 9.39. The number of rotatable bonds is 2. The Kier molecular flexibility index (Phi) is 5.16. The third kappa shape index (κ3) is 4.24. The minimum absolute atomic E-state index is 0.0533. The topological polar surface area (TPSA) is 62.1 Å². The number of carbonyl (C=O) groups excluding carboxylic acids is 1. The number of nitrogens with zero attached hydrogens (tertiary/aromatic N) is 4. The number of hydrogen-bond donors (Lipinski definition) is 0. The van der Waals surface area contributed by atoms with Gasteiger partial charge in [0.2, 0.25) is 0 Å². The molecule has 1 aromatic carbocycles. The maximum Gasteiger partial charge on any atom is 0.410 e. The van der Waals surface area contributed by atoms with Crippen molar-refractivity contribution in [2.75, 3.05) is 43.5 Å². The lowest BCUT2D eigenvalue weighted by Gasteiger charge is -2.39. The van der Waals surface area contributed by atoms with Gasteiger partial charge in [-0.25, -0.2) is 4.79 Å². The molecule has 1 aliphatic rings. The molecule has 1 unspecified atom stereocenters. The number of benzene rings is 1. The summed E-state index contributed by atoms with van der Waals surface area (Å²) in [6, 6.07) is 4.27. The van der Waals surface area contributed by atoms with Crippen molar-refractivity contribution in [2.45, 2.75) is 39.3 Å². The van der Waals surface area contributed by atoms with Crippen molar-refractivity contribution in [3.8, 4) is 0 Å². The number of ether oxygens (including phenoxy) is 1. The number of carbonyl (C=O) groups is 1. The Bertz CT molecular complexity index is 843. The van der Waals surface area contributed by atoms with Crippen LogP contribution in [-0.4, -0.2) is 61.3 Å². The van der Waals surface area contributed by atoms with E-state index in [1.807, 2.05) is 52.8 Å². The van der Waals surface area contributed by atoms with E-state index >= 15 is 0 Å². The van der Waals surface area contributed by atoms with Gasteiger partial charge in [0.15, 0.2) is 5.58 Å². The first kappa shape index (κ1) is 19.6. The summed E-state index contributed by atoms with van der Waals surface area (Å²) in [6.07, 6.45) is -0.284. The van der Waals surface area contributed by atoms with Crippen molar-refractivity contribution in [3.63, 3.8) is 0 Å². The largest absolute Gasteiger partial charge is 0.444 e. The molecule has 0 spiro atoms. The van der Waals surface area contributed by atoms with E-state index in [2.05, 4.69) is 9.88 Å². The highest BCUT2D eigenvalue weighted by molar-refractivity contribution is 6.31. The molecular weight excluding hydrogens is 368 g/mol. The Morgan fingerprint density at radius 1 is 1.33 bits per heavy atom. The highest BCUT2D eigenvalue weighted by atomic mass is 35.5. The molecule has 1 aliphatic heterocycles. The van der Waals surface area contributed by atoms with Crippen LogP contribution in [-0.2, 0) is 4.74 Å². The van der Waals surface area contributed by atoms with Crippen molar-refractivity contribution in [1.29, 1.82) is 0 Å². The molecule has 8 heteroatoms. The van der Waals surface area contributed by atoms with Crippen LogP contribution in [0.15, 0.2) is 16.5 Å². The molecule has 1 fully saturated rings. The molecule has 7 nitrogen and oxygen atoms in total. The Hall–Kier alpha value is -2.15. The van der Waals surface area contributed by atoms with Gasteiger partial charge in [0.05, 0.1) is 5.69 Å². The Labute approximate surface area is 164 Å². The van der Waals surface area contributed by atoms with E-state index in [4.69, 9.17) is 20.8 Å². The molecule has 0 aliphatic carbocycles. The highest BCUT2D eigenvalue weighted by Crippen LogP contribution is 2.34. The van der Waals surface area contributed by atoms with Gasteiger partial charge >= 0.3 is 6.09 Å². The first-order valence-electron chi connectivity index (χ1n) is 9.07. The van der Waals surface area contributed by atoms with Gasteiger partial charge in [0.25, 0.3) is 6.01 Å². The normalized spacial score (nSPS) is 18.1. The molecule has 1 aromatic heterocycles. The monoisotopic (exact) mass is 394 g/mol. The number of halogens is 1. The number of piperazine rings is 1. The van der Waals surface area contributed by atoms with Gasteiger partial charge in [-0.05, 0) is 39.8 Å². The standard InChI is InChI=1S/C19H27ClN4O3/c1-12-11-23(18(25)27-19(2,3)4)7-8-24(12)17-21-14-9-13(20)10-15(22(5)6)16(14)26-17/h9-10,12H,7-8,11H2,1-6H3. The number of amides is 1. The summed E-state index contributed by atoms with van der Waals surface area (Å²) in [5.74, 6) is 0. The second kappa shape index (κ2) is 7.11. The van der Waals surface area contributed by atoms with Crippen molar-refractivity contribution >= 4 is 40.5 Å². The van der Waals surface area contributed by atoms with Crippen LogP contribution in [0.4, 0.5) is 16.5 Å². The van der Waals surface area contributed by atoms with Crippen LogP contribution in [0.5, 0.6) is 0 Å². The average molecular weight is 395 g/mol. The Morgan fingerprint density at radius 2 is 2.04 bits per heavy atom. The summed E-state index contributed by atoms with van der Waals surface area (Å²) < 4.78 is 11.6. The zero-order chi connectivity index (χ0) is 19.9. The SMILES string of the molecule is CC1CN(C(=O)OC(C)(C)C)CCN1c1nc2cc(Cl)cc(N(C)C)c2o1. The predicted molar refractivity (Wildman–Crippen MR) is 108 cm³/mol. The van der Waals surface area contributed by atoms with Crippen LogP contribution in [0.25, 0.3) is 11.1 Å². The van der Waals surface area contributed by atoms with Crippen LogP contribution in [0, 0.1) is 0 Å². The molecule has 1 saturated heterocycles. The van der Waals surface area contributed by atoms with Crippen LogP contribution in [0.3, 0.4) is 0 Å². The van der Waals surface area contributed by atoms with Crippen molar-refractivity contribution in [2.24, 2.45) is 0 Å². The van der Waals surface area contributed by atoms with Gasteiger partial charge in [0.1, 0.15) is 11.1 Å². The zero-order valence-corrected chi connectivity index (χ0v) is 17.5. The number of hydrogen-bond acceptors (Lipinski definition) is 6. The van der Waals surface area contributed by atoms with E-state index in [9.17, 15) is 4.79 Å². The van der Waals surface area contributed by atoms with Gasteiger partial charge < -0.3 is 23.9 Å². The minimum Gasteiger partial charge on any atom is -0.444 e. The lowest BCUT2D eigenvalue weighted by molar-refractivity contribution is 0.0216. The van der Waals surface area contributed by atoms with E-state index in [0.29, 0.717) is 36.3 Å². The average Bonchev–Trinajstić information content (AvgIpc) is 2.95. The number of fused-ring (bicyclic) bond motifs is 1. The maximum atomic E-state index is 12.3. The molecule has 1 atom stereocenters. The Balaban J connectivity index is 1.80. The molecule has 2 heterocycles. The quantitative estimate of drug-likeness (QED) is 0.767. The van der Waals surface area contributed by atoms with Gasteiger partial charge in [0, 0.05) is 44.8 Å². The molecule has 1 amide bonds. The molecule has 3 rings (SSSR count). The predicted octanol–water partition coefficient (Wildman–Crippen LogP) is 3.99. The van der Waals surface area contributed by atoms with Crippen molar-refractivity contribution in [3.05, 3.63) is 17.2 Å². The summed E-state index contributed by atoms with van der Waals surface area (Å²) >= 11 is 6.22. The summed E-state index contributed by atoms with van der Waals surface area (Å²) in [7, 11) is 3.88. The van der Waals surface area contributed by atoms with E-state index < -0.39 is 5.60 Å². The fourth-order valence-corrected chi connectivity index (χ4v) is 3.37. The van der Waals surface area contributed by atoms with E-state index in [1.54, 1.807) is 11.0 Å². The third-order valence-corrected chi connectivity index (χ3v) is 4.65. The van der Waals surface area contributed by atoms with E-state index in [-0.39, 0.29) is 12.1 Å².